The van der Waals surface area contributed by atoms with Gasteiger partial charge in [-0.05, 0) is 77.4 Å². The van der Waals surface area contributed by atoms with E-state index in [9.17, 15) is 4.79 Å². The van der Waals surface area contributed by atoms with E-state index in [0.717, 1.165) is 53.7 Å². The van der Waals surface area contributed by atoms with Crippen molar-refractivity contribution in [2.75, 3.05) is 0 Å². The van der Waals surface area contributed by atoms with Crippen molar-refractivity contribution >= 4 is 10.9 Å². The zero-order chi connectivity index (χ0) is 24.2. The molecule has 1 aliphatic carbocycles. The molecule has 8 heteroatoms. The van der Waals surface area contributed by atoms with Crippen molar-refractivity contribution in [1.82, 2.24) is 30.1 Å². The Kier molecular flexibility index (Phi) is 7.08. The summed E-state index contributed by atoms with van der Waals surface area (Å²) in [7, 11) is 0. The number of tetrazole rings is 1. The van der Waals surface area contributed by atoms with Gasteiger partial charge in [0.2, 0.25) is 0 Å². The maximum absolute atomic E-state index is 13.1. The Morgan fingerprint density at radius 2 is 2.00 bits per heavy atom. The number of aromatic nitrogens is 5. The molecule has 0 saturated heterocycles. The molecule has 3 aromatic heterocycles. The van der Waals surface area contributed by atoms with E-state index in [-0.39, 0.29) is 11.6 Å². The van der Waals surface area contributed by atoms with Crippen LogP contribution in [0, 0.1) is 0 Å². The Morgan fingerprint density at radius 1 is 1.14 bits per heavy atom. The van der Waals surface area contributed by atoms with Crippen molar-refractivity contribution in [3.8, 4) is 0 Å². The maximum Gasteiger partial charge on any atom is 0.252 e. The summed E-state index contributed by atoms with van der Waals surface area (Å²) >= 11 is 0. The number of furan rings is 1. The molecular formula is C27H34N6O2. The van der Waals surface area contributed by atoms with Crippen LogP contribution in [0.4, 0.5) is 0 Å². The maximum atomic E-state index is 13.1. The van der Waals surface area contributed by atoms with Gasteiger partial charge in [0.05, 0.1) is 24.9 Å². The van der Waals surface area contributed by atoms with E-state index in [1.165, 1.54) is 24.8 Å². The fourth-order valence-corrected chi connectivity index (χ4v) is 5.35. The van der Waals surface area contributed by atoms with Crippen LogP contribution in [-0.2, 0) is 19.5 Å². The van der Waals surface area contributed by atoms with Crippen LogP contribution in [0.15, 0.2) is 51.9 Å². The van der Waals surface area contributed by atoms with Gasteiger partial charge in [-0.2, -0.15) is 0 Å². The van der Waals surface area contributed by atoms with Gasteiger partial charge < -0.3 is 9.40 Å². The number of hydrogen-bond acceptors (Lipinski definition) is 6. The van der Waals surface area contributed by atoms with Crippen LogP contribution in [0.1, 0.15) is 87.2 Å². The number of rotatable bonds is 9. The second-order valence-corrected chi connectivity index (χ2v) is 9.58. The first-order valence-corrected chi connectivity index (χ1v) is 12.8. The number of nitrogens with zero attached hydrogens (tertiary/aromatic N) is 5. The quantitative estimate of drug-likeness (QED) is 0.352. The minimum atomic E-state index is -0.0621. The molecule has 1 aliphatic rings. The standard InChI is InChI=1S/C27H34N6O2/c1-3-19-12-13-24-20(15-19)16-21(27(34)28-24)17-32(18-23-11-8-14-35-23)25(4-2)26-29-30-31-33(26)22-9-6-5-7-10-22/h8,11-16,22,25H,3-7,9-10,17-18H2,1-2H3,(H,28,34). The Bertz CT molecular complexity index is 1300. The third-order valence-electron chi connectivity index (χ3n) is 7.27. The molecule has 0 radical (unpaired) electrons. The van der Waals surface area contributed by atoms with Crippen molar-refractivity contribution in [3.63, 3.8) is 0 Å². The van der Waals surface area contributed by atoms with Crippen molar-refractivity contribution in [1.29, 1.82) is 0 Å². The van der Waals surface area contributed by atoms with E-state index in [1.807, 2.05) is 28.9 Å². The van der Waals surface area contributed by atoms with Gasteiger partial charge in [-0.3, -0.25) is 9.69 Å². The van der Waals surface area contributed by atoms with Gasteiger partial charge in [0.15, 0.2) is 5.82 Å². The zero-order valence-corrected chi connectivity index (χ0v) is 20.6. The number of H-pyrrole nitrogens is 1. The average Bonchev–Trinajstić information content (AvgIpc) is 3.58. The highest BCUT2D eigenvalue weighted by molar-refractivity contribution is 5.79. The molecule has 1 N–H and O–H groups in total. The van der Waals surface area contributed by atoms with E-state index < -0.39 is 0 Å². The molecular weight excluding hydrogens is 440 g/mol. The molecule has 0 spiro atoms. The van der Waals surface area contributed by atoms with Crippen LogP contribution in [0.25, 0.3) is 10.9 Å². The number of fused-ring (bicyclic) bond motifs is 1. The Labute approximate surface area is 205 Å². The molecule has 35 heavy (non-hydrogen) atoms. The minimum absolute atomic E-state index is 0.0471. The summed E-state index contributed by atoms with van der Waals surface area (Å²) in [6.07, 6.45) is 9.38. The lowest BCUT2D eigenvalue weighted by atomic mass is 9.95. The number of aromatic amines is 1. The summed E-state index contributed by atoms with van der Waals surface area (Å²) in [5, 5.41) is 14.0. The Balaban J connectivity index is 1.51. The van der Waals surface area contributed by atoms with E-state index in [1.54, 1.807) is 6.26 Å². The van der Waals surface area contributed by atoms with E-state index in [2.05, 4.69) is 51.4 Å². The number of pyridine rings is 1. The largest absolute Gasteiger partial charge is 0.468 e. The van der Waals surface area contributed by atoms with Crippen molar-refractivity contribution in [3.05, 3.63) is 75.7 Å². The fourth-order valence-electron chi connectivity index (χ4n) is 5.35. The SMILES string of the molecule is CCc1ccc2[nH]c(=O)c(CN(Cc3ccco3)C(CC)c3nnnn3C3CCCCC3)cc2c1. The molecule has 1 atom stereocenters. The first-order valence-electron chi connectivity index (χ1n) is 12.8. The first-order chi connectivity index (χ1) is 17.2. The molecule has 1 aromatic carbocycles. The van der Waals surface area contributed by atoms with Crippen LogP contribution in [-0.4, -0.2) is 30.1 Å². The molecule has 5 rings (SSSR count). The van der Waals surface area contributed by atoms with Gasteiger partial charge in [0, 0.05) is 17.6 Å². The summed E-state index contributed by atoms with van der Waals surface area (Å²) in [6.45, 7) is 5.33. The molecule has 3 heterocycles. The number of aryl methyl sites for hydroxylation is 1. The molecule has 1 fully saturated rings. The number of hydrogen-bond donors (Lipinski definition) is 1. The zero-order valence-electron chi connectivity index (χ0n) is 20.6. The van der Waals surface area contributed by atoms with E-state index in [0.29, 0.717) is 19.1 Å². The van der Waals surface area contributed by atoms with Crippen molar-refractivity contribution < 1.29 is 4.42 Å². The van der Waals surface area contributed by atoms with Crippen molar-refractivity contribution in [2.24, 2.45) is 0 Å². The lowest BCUT2D eigenvalue weighted by molar-refractivity contribution is 0.144. The van der Waals surface area contributed by atoms with E-state index in [4.69, 9.17) is 4.42 Å². The lowest BCUT2D eigenvalue weighted by Gasteiger charge is -2.31. The lowest BCUT2D eigenvalue weighted by Crippen LogP contribution is -2.33. The molecule has 1 unspecified atom stereocenters. The predicted molar refractivity (Wildman–Crippen MR) is 135 cm³/mol. The number of benzene rings is 1. The summed E-state index contributed by atoms with van der Waals surface area (Å²) in [6, 6.07) is 12.4. The summed E-state index contributed by atoms with van der Waals surface area (Å²) < 4.78 is 7.75. The monoisotopic (exact) mass is 474 g/mol. The molecule has 0 amide bonds. The fraction of sp³-hybridized carbons (Fsp3) is 0.481. The minimum Gasteiger partial charge on any atom is -0.468 e. The van der Waals surface area contributed by atoms with Crippen LogP contribution in [0.2, 0.25) is 0 Å². The molecule has 184 valence electrons. The summed E-state index contributed by atoms with van der Waals surface area (Å²) in [5.74, 6) is 1.72. The number of nitrogens with one attached hydrogen (secondary N) is 1. The van der Waals surface area contributed by atoms with Gasteiger partial charge in [0.25, 0.3) is 5.56 Å². The molecule has 0 bridgehead atoms. The van der Waals surface area contributed by atoms with Crippen LogP contribution in [0.3, 0.4) is 0 Å². The predicted octanol–water partition coefficient (Wildman–Crippen LogP) is 5.33. The summed E-state index contributed by atoms with van der Waals surface area (Å²) in [5.41, 5.74) is 2.78. The second kappa shape index (κ2) is 10.6. The van der Waals surface area contributed by atoms with Crippen LogP contribution in [0.5, 0.6) is 0 Å². The van der Waals surface area contributed by atoms with Crippen LogP contribution < -0.4 is 5.56 Å². The van der Waals surface area contributed by atoms with Crippen molar-refractivity contribution in [2.45, 2.75) is 84.0 Å². The highest BCUT2D eigenvalue weighted by Gasteiger charge is 2.29. The topological polar surface area (TPSA) is 92.8 Å². The molecule has 8 nitrogen and oxygen atoms in total. The summed E-state index contributed by atoms with van der Waals surface area (Å²) in [4.78, 5) is 18.4. The third-order valence-corrected chi connectivity index (χ3v) is 7.27. The average molecular weight is 475 g/mol. The highest BCUT2D eigenvalue weighted by atomic mass is 16.3. The van der Waals surface area contributed by atoms with Gasteiger partial charge in [0.1, 0.15) is 5.76 Å². The Morgan fingerprint density at radius 3 is 2.74 bits per heavy atom. The normalized spacial score (nSPS) is 15.7. The molecule has 4 aromatic rings. The third kappa shape index (κ3) is 5.07. The Hall–Kier alpha value is -3.26. The highest BCUT2D eigenvalue weighted by Crippen LogP contribution is 2.32. The van der Waals surface area contributed by atoms with Gasteiger partial charge in [-0.1, -0.05) is 39.2 Å². The molecule has 0 aliphatic heterocycles. The van der Waals surface area contributed by atoms with Crippen LogP contribution >= 0.6 is 0 Å². The van der Waals surface area contributed by atoms with Gasteiger partial charge >= 0.3 is 0 Å². The van der Waals surface area contributed by atoms with Gasteiger partial charge in [-0.25, -0.2) is 4.68 Å². The van der Waals surface area contributed by atoms with Gasteiger partial charge in [-0.15, -0.1) is 5.10 Å². The van der Waals surface area contributed by atoms with E-state index >= 15 is 0 Å². The smallest absolute Gasteiger partial charge is 0.252 e. The first kappa shape index (κ1) is 23.5. The molecule has 1 saturated carbocycles. The second-order valence-electron chi connectivity index (χ2n) is 9.58.